The van der Waals surface area contributed by atoms with E-state index in [4.69, 9.17) is 23.2 Å². The van der Waals surface area contributed by atoms with Crippen LogP contribution in [0.4, 0.5) is 0 Å². The van der Waals surface area contributed by atoms with Crippen molar-refractivity contribution in [1.82, 2.24) is 15.4 Å². The fourth-order valence-electron chi connectivity index (χ4n) is 1.96. The Morgan fingerprint density at radius 3 is 2.70 bits per heavy atom. The summed E-state index contributed by atoms with van der Waals surface area (Å²) in [5.41, 5.74) is 4.20. The van der Waals surface area contributed by atoms with Gasteiger partial charge in [0, 0.05) is 33.9 Å². The third kappa shape index (κ3) is 3.64. The highest BCUT2D eigenvalue weighted by Crippen LogP contribution is 2.22. The van der Waals surface area contributed by atoms with Crippen molar-refractivity contribution in [3.05, 3.63) is 70.1 Å². The zero-order chi connectivity index (χ0) is 16.2. The summed E-state index contributed by atoms with van der Waals surface area (Å²) in [5.74, 6) is -0.337. The number of fused-ring (bicyclic) bond motifs is 1. The van der Waals surface area contributed by atoms with Crippen LogP contribution in [0.15, 0.2) is 53.9 Å². The van der Waals surface area contributed by atoms with Gasteiger partial charge in [-0.3, -0.25) is 9.78 Å². The van der Waals surface area contributed by atoms with Crippen molar-refractivity contribution in [2.45, 2.75) is 0 Å². The van der Waals surface area contributed by atoms with E-state index < -0.39 is 0 Å². The number of benzene rings is 1. The van der Waals surface area contributed by atoms with Gasteiger partial charge in [-0.2, -0.15) is 5.10 Å². The average Bonchev–Trinajstić information content (AvgIpc) is 2.56. The van der Waals surface area contributed by atoms with E-state index in [0.717, 1.165) is 10.9 Å². The van der Waals surface area contributed by atoms with Crippen molar-refractivity contribution in [2.24, 2.45) is 5.10 Å². The van der Waals surface area contributed by atoms with Gasteiger partial charge in [0.1, 0.15) is 5.15 Å². The number of pyridine rings is 2. The number of nitrogens with one attached hydrogen (secondary N) is 1. The lowest BCUT2D eigenvalue weighted by molar-refractivity contribution is 0.0955. The van der Waals surface area contributed by atoms with Crippen molar-refractivity contribution in [2.75, 3.05) is 0 Å². The molecule has 1 amide bonds. The fraction of sp³-hybridized carbons (Fsp3) is 0. The summed E-state index contributed by atoms with van der Waals surface area (Å²) < 4.78 is 0. The highest BCUT2D eigenvalue weighted by Gasteiger charge is 2.05. The zero-order valence-electron chi connectivity index (χ0n) is 11.7. The third-order valence-corrected chi connectivity index (χ3v) is 3.61. The minimum absolute atomic E-state index is 0.293. The van der Waals surface area contributed by atoms with Gasteiger partial charge < -0.3 is 0 Å². The second kappa shape index (κ2) is 6.73. The monoisotopic (exact) mass is 344 g/mol. The van der Waals surface area contributed by atoms with E-state index in [1.165, 1.54) is 18.6 Å². The molecule has 0 bridgehead atoms. The van der Waals surface area contributed by atoms with Gasteiger partial charge >= 0.3 is 0 Å². The lowest BCUT2D eigenvalue weighted by Gasteiger charge is -2.03. The van der Waals surface area contributed by atoms with Gasteiger partial charge in [-0.05, 0) is 36.4 Å². The summed E-state index contributed by atoms with van der Waals surface area (Å²) in [5, 5.41) is 5.64. The smallest absolute Gasteiger partial charge is 0.267 e. The van der Waals surface area contributed by atoms with Gasteiger partial charge in [-0.25, -0.2) is 10.4 Å². The van der Waals surface area contributed by atoms with Crippen LogP contribution >= 0.6 is 23.2 Å². The molecule has 114 valence electrons. The molecule has 2 aromatic heterocycles. The summed E-state index contributed by atoms with van der Waals surface area (Å²) in [6, 6.07) is 10.3. The lowest BCUT2D eigenvalue weighted by Crippen LogP contribution is -2.17. The van der Waals surface area contributed by atoms with Crippen LogP contribution in [-0.4, -0.2) is 22.1 Å². The zero-order valence-corrected chi connectivity index (χ0v) is 13.2. The van der Waals surface area contributed by atoms with Crippen LogP contribution in [0.2, 0.25) is 10.2 Å². The second-order valence-corrected chi connectivity index (χ2v) is 5.43. The molecule has 7 heteroatoms. The van der Waals surface area contributed by atoms with Gasteiger partial charge in [0.2, 0.25) is 0 Å². The van der Waals surface area contributed by atoms with Crippen LogP contribution in [0.5, 0.6) is 0 Å². The number of hydrazone groups is 1. The van der Waals surface area contributed by atoms with E-state index in [-0.39, 0.29) is 5.91 Å². The van der Waals surface area contributed by atoms with E-state index in [1.807, 2.05) is 0 Å². The maximum Gasteiger partial charge on any atom is 0.271 e. The number of nitrogens with zero attached hydrogens (tertiary/aromatic N) is 3. The molecule has 0 saturated carbocycles. The lowest BCUT2D eigenvalue weighted by atomic mass is 10.2. The Hall–Kier alpha value is -2.50. The Morgan fingerprint density at radius 1 is 1.13 bits per heavy atom. The molecule has 0 atom stereocenters. The minimum Gasteiger partial charge on any atom is -0.267 e. The quantitative estimate of drug-likeness (QED) is 0.447. The molecule has 0 aliphatic heterocycles. The Bertz CT molecular complexity index is 897. The molecule has 0 saturated heterocycles. The maximum atomic E-state index is 11.9. The molecule has 2 heterocycles. The molecule has 5 nitrogen and oxygen atoms in total. The maximum absolute atomic E-state index is 11.9. The summed E-state index contributed by atoms with van der Waals surface area (Å²) in [6.45, 7) is 0. The predicted molar refractivity (Wildman–Crippen MR) is 91.1 cm³/mol. The van der Waals surface area contributed by atoms with E-state index >= 15 is 0 Å². The second-order valence-electron chi connectivity index (χ2n) is 4.64. The topological polar surface area (TPSA) is 67.2 Å². The molecule has 0 radical (unpaired) electrons. The number of carbonyl (C=O) groups is 1. The number of amides is 1. The molecule has 1 aromatic carbocycles. The van der Waals surface area contributed by atoms with Crippen LogP contribution in [0.3, 0.4) is 0 Å². The molecule has 0 unspecified atom stereocenters. The molecule has 0 spiro atoms. The predicted octanol–water partition coefficient (Wildman–Crippen LogP) is 3.70. The Kier molecular flexibility index (Phi) is 4.50. The molecule has 1 N–H and O–H groups in total. The Balaban J connectivity index is 1.80. The fourth-order valence-corrected chi connectivity index (χ4v) is 2.33. The standard InChI is InChI=1S/C16H10Cl2N4O/c17-13-1-2-14-11(8-13)7-12(15(18)21-14)9-20-22-16(23)10-3-5-19-6-4-10/h1-9H,(H,22,23). The molecular weight excluding hydrogens is 335 g/mol. The summed E-state index contributed by atoms with van der Waals surface area (Å²) in [7, 11) is 0. The number of halogens is 2. The van der Waals surface area contributed by atoms with Gasteiger partial charge in [-0.15, -0.1) is 0 Å². The first-order valence-corrected chi connectivity index (χ1v) is 7.38. The average molecular weight is 345 g/mol. The first kappa shape index (κ1) is 15.4. The van der Waals surface area contributed by atoms with E-state index in [9.17, 15) is 4.79 Å². The van der Waals surface area contributed by atoms with Crippen molar-refractivity contribution in [3.8, 4) is 0 Å². The van der Waals surface area contributed by atoms with Gasteiger partial charge in [-0.1, -0.05) is 23.2 Å². The SMILES string of the molecule is O=C(NN=Cc1cc2cc(Cl)ccc2nc1Cl)c1ccncc1. The molecule has 23 heavy (non-hydrogen) atoms. The van der Waals surface area contributed by atoms with E-state index in [0.29, 0.717) is 21.3 Å². The Labute approximate surface area is 142 Å². The first-order chi connectivity index (χ1) is 11.1. The minimum atomic E-state index is -0.337. The largest absolute Gasteiger partial charge is 0.271 e. The van der Waals surface area contributed by atoms with Gasteiger partial charge in [0.05, 0.1) is 11.7 Å². The molecule has 3 aromatic rings. The van der Waals surface area contributed by atoms with Crippen molar-refractivity contribution in [3.63, 3.8) is 0 Å². The highest BCUT2D eigenvalue weighted by atomic mass is 35.5. The summed E-state index contributed by atoms with van der Waals surface area (Å²) in [4.78, 5) is 20.0. The first-order valence-electron chi connectivity index (χ1n) is 6.63. The number of carbonyl (C=O) groups excluding carboxylic acids is 1. The normalized spacial score (nSPS) is 11.0. The van der Waals surface area contributed by atoms with Crippen LogP contribution < -0.4 is 5.43 Å². The number of rotatable bonds is 3. The van der Waals surface area contributed by atoms with Crippen LogP contribution in [0.25, 0.3) is 10.9 Å². The van der Waals surface area contributed by atoms with Gasteiger partial charge in [0.15, 0.2) is 0 Å². The van der Waals surface area contributed by atoms with E-state index in [1.54, 1.807) is 36.4 Å². The number of aromatic nitrogens is 2. The number of hydrogen-bond acceptors (Lipinski definition) is 4. The summed E-state index contributed by atoms with van der Waals surface area (Å²) >= 11 is 12.1. The van der Waals surface area contributed by atoms with Crippen molar-refractivity contribution < 1.29 is 4.79 Å². The van der Waals surface area contributed by atoms with Gasteiger partial charge in [0.25, 0.3) is 5.91 Å². The van der Waals surface area contributed by atoms with Crippen LogP contribution in [-0.2, 0) is 0 Å². The highest BCUT2D eigenvalue weighted by molar-refractivity contribution is 6.33. The summed E-state index contributed by atoms with van der Waals surface area (Å²) in [6.07, 6.45) is 4.51. The third-order valence-electron chi connectivity index (χ3n) is 3.07. The molecule has 0 aliphatic rings. The molecular formula is C16H10Cl2N4O. The number of hydrogen-bond donors (Lipinski definition) is 1. The molecule has 0 fully saturated rings. The Morgan fingerprint density at radius 2 is 1.91 bits per heavy atom. The van der Waals surface area contributed by atoms with Crippen LogP contribution in [0.1, 0.15) is 15.9 Å². The van der Waals surface area contributed by atoms with Crippen molar-refractivity contribution in [1.29, 1.82) is 0 Å². The molecule has 3 rings (SSSR count). The van der Waals surface area contributed by atoms with E-state index in [2.05, 4.69) is 20.5 Å². The van der Waals surface area contributed by atoms with Crippen molar-refractivity contribution >= 4 is 46.2 Å². The van der Waals surface area contributed by atoms with Crippen LogP contribution in [0, 0.1) is 0 Å². The molecule has 0 aliphatic carbocycles.